The highest BCUT2D eigenvalue weighted by molar-refractivity contribution is 5.95. The molecule has 6 heteroatoms. The van der Waals surface area contributed by atoms with Gasteiger partial charge < -0.3 is 14.4 Å². The van der Waals surface area contributed by atoms with E-state index in [4.69, 9.17) is 0 Å². The zero-order valence-corrected chi connectivity index (χ0v) is 11.5. The first-order valence-corrected chi connectivity index (χ1v) is 6.02. The summed E-state index contributed by atoms with van der Waals surface area (Å²) in [5.74, 6) is -1.66. The van der Waals surface area contributed by atoms with Gasteiger partial charge in [-0.25, -0.2) is 0 Å². The highest BCUT2D eigenvalue weighted by atomic mass is 16.5. The van der Waals surface area contributed by atoms with E-state index in [-0.39, 0.29) is 13.1 Å². The Labute approximate surface area is 117 Å². The highest BCUT2D eigenvalue weighted by Gasteiger charge is 2.20. The molecule has 6 nitrogen and oxygen atoms in total. The summed E-state index contributed by atoms with van der Waals surface area (Å²) in [6, 6.07) is 9.17. The van der Waals surface area contributed by atoms with Crippen molar-refractivity contribution in [1.29, 1.82) is 0 Å². The van der Waals surface area contributed by atoms with Crippen LogP contribution in [0, 0.1) is 0 Å². The van der Waals surface area contributed by atoms with Gasteiger partial charge in [-0.3, -0.25) is 14.4 Å². The lowest BCUT2D eigenvalue weighted by atomic mass is 10.2. The molecule has 0 fully saturated rings. The van der Waals surface area contributed by atoms with E-state index >= 15 is 0 Å². The van der Waals surface area contributed by atoms with E-state index in [1.165, 1.54) is 19.1 Å². The topological polar surface area (TPSA) is 72.9 Å². The van der Waals surface area contributed by atoms with E-state index in [2.05, 4.69) is 9.47 Å². The van der Waals surface area contributed by atoms with Crippen molar-refractivity contribution in [3.63, 3.8) is 0 Å². The molecule has 1 aromatic carbocycles. The van der Waals surface area contributed by atoms with Crippen molar-refractivity contribution >= 4 is 17.8 Å². The third-order valence-electron chi connectivity index (χ3n) is 2.64. The van der Waals surface area contributed by atoms with Gasteiger partial charge in [0.1, 0.15) is 13.0 Å². The molecule has 1 amide bonds. The quantitative estimate of drug-likeness (QED) is 0.567. The lowest BCUT2D eigenvalue weighted by Gasteiger charge is -2.21. The highest BCUT2D eigenvalue weighted by Crippen LogP contribution is 2.07. The van der Waals surface area contributed by atoms with E-state index in [0.29, 0.717) is 0 Å². The van der Waals surface area contributed by atoms with Crippen LogP contribution in [0.2, 0.25) is 0 Å². The maximum atomic E-state index is 12.0. The summed E-state index contributed by atoms with van der Waals surface area (Å²) in [4.78, 5) is 35.7. The van der Waals surface area contributed by atoms with Crippen LogP contribution in [0.5, 0.6) is 0 Å². The molecule has 0 atom stereocenters. The average molecular weight is 279 g/mol. The normalized spacial score (nSPS) is 9.70. The van der Waals surface area contributed by atoms with E-state index < -0.39 is 24.3 Å². The molecule has 0 radical (unpaired) electrons. The van der Waals surface area contributed by atoms with E-state index in [9.17, 15) is 14.4 Å². The van der Waals surface area contributed by atoms with Crippen LogP contribution in [0.1, 0.15) is 12.0 Å². The van der Waals surface area contributed by atoms with Gasteiger partial charge in [-0.05, 0) is 5.56 Å². The number of benzene rings is 1. The molecule has 0 aromatic heterocycles. The Hall–Kier alpha value is -2.37. The standard InChI is InChI=1S/C14H17NO5/c1-19-13(17)8-12(16)15(10-14(18)20-2)9-11-6-4-3-5-7-11/h3-7H,8-10H2,1-2H3. The number of ether oxygens (including phenoxy) is 2. The monoisotopic (exact) mass is 279 g/mol. The molecule has 0 aliphatic carbocycles. The van der Waals surface area contributed by atoms with Gasteiger partial charge in [0.05, 0.1) is 14.2 Å². The average Bonchev–Trinajstić information content (AvgIpc) is 2.47. The summed E-state index contributed by atoms with van der Waals surface area (Å²) in [5, 5.41) is 0. The Bertz CT molecular complexity index is 472. The number of esters is 2. The Kier molecular flexibility index (Phi) is 6.22. The number of rotatable bonds is 6. The van der Waals surface area contributed by atoms with Crippen molar-refractivity contribution < 1.29 is 23.9 Å². The molecule has 0 unspecified atom stereocenters. The minimum atomic E-state index is -0.641. The number of carbonyl (C=O) groups excluding carboxylic acids is 3. The number of nitrogens with zero attached hydrogens (tertiary/aromatic N) is 1. The van der Waals surface area contributed by atoms with Crippen molar-refractivity contribution in [1.82, 2.24) is 4.90 Å². The maximum absolute atomic E-state index is 12.0. The Balaban J connectivity index is 2.76. The van der Waals surface area contributed by atoms with Crippen LogP contribution in [0.15, 0.2) is 30.3 Å². The molecule has 20 heavy (non-hydrogen) atoms. The number of hydrogen-bond donors (Lipinski definition) is 0. The first kappa shape index (κ1) is 15.7. The molecule has 108 valence electrons. The molecule has 0 aliphatic rings. The smallest absolute Gasteiger partial charge is 0.325 e. The van der Waals surface area contributed by atoms with Crippen LogP contribution in [0.25, 0.3) is 0 Å². The first-order valence-electron chi connectivity index (χ1n) is 6.02. The summed E-state index contributed by atoms with van der Waals surface area (Å²) in [7, 11) is 2.45. The van der Waals surface area contributed by atoms with Crippen molar-refractivity contribution in [3.05, 3.63) is 35.9 Å². The second kappa shape index (κ2) is 7.93. The summed E-state index contributed by atoms with van der Waals surface area (Å²) < 4.78 is 9.00. The fraction of sp³-hybridized carbons (Fsp3) is 0.357. The molecule has 0 saturated heterocycles. The van der Waals surface area contributed by atoms with Crippen molar-refractivity contribution in [3.8, 4) is 0 Å². The molecule has 0 aliphatic heterocycles. The van der Waals surface area contributed by atoms with Gasteiger partial charge in [0, 0.05) is 6.54 Å². The third-order valence-corrected chi connectivity index (χ3v) is 2.64. The van der Waals surface area contributed by atoms with Crippen molar-refractivity contribution in [2.45, 2.75) is 13.0 Å². The molecule has 0 heterocycles. The zero-order valence-electron chi connectivity index (χ0n) is 11.5. The van der Waals surface area contributed by atoms with E-state index in [1.54, 1.807) is 0 Å². The van der Waals surface area contributed by atoms with Crippen molar-refractivity contribution in [2.24, 2.45) is 0 Å². The van der Waals surface area contributed by atoms with Gasteiger partial charge in [-0.2, -0.15) is 0 Å². The second-order valence-corrected chi connectivity index (χ2v) is 4.06. The van der Waals surface area contributed by atoms with Crippen LogP contribution in [-0.4, -0.2) is 43.5 Å². The van der Waals surface area contributed by atoms with Crippen LogP contribution in [-0.2, 0) is 30.4 Å². The molecular weight excluding hydrogens is 262 g/mol. The Morgan fingerprint density at radius 2 is 1.60 bits per heavy atom. The fourth-order valence-corrected chi connectivity index (χ4v) is 1.56. The number of methoxy groups -OCH3 is 2. The number of amides is 1. The Morgan fingerprint density at radius 1 is 1.00 bits per heavy atom. The first-order chi connectivity index (χ1) is 9.56. The fourth-order valence-electron chi connectivity index (χ4n) is 1.56. The lowest BCUT2D eigenvalue weighted by Crippen LogP contribution is -2.36. The minimum absolute atomic E-state index is 0.207. The van der Waals surface area contributed by atoms with E-state index in [0.717, 1.165) is 5.56 Å². The SMILES string of the molecule is COC(=O)CC(=O)N(CC(=O)OC)Cc1ccccc1. The van der Waals surface area contributed by atoms with Crippen molar-refractivity contribution in [2.75, 3.05) is 20.8 Å². The van der Waals surface area contributed by atoms with Gasteiger partial charge in [-0.15, -0.1) is 0 Å². The second-order valence-electron chi connectivity index (χ2n) is 4.06. The molecule has 1 aromatic rings. The van der Waals surface area contributed by atoms with Gasteiger partial charge in [0.2, 0.25) is 5.91 Å². The number of hydrogen-bond acceptors (Lipinski definition) is 5. The summed E-state index contributed by atoms with van der Waals surface area (Å²) in [6.07, 6.45) is -0.402. The zero-order chi connectivity index (χ0) is 15.0. The van der Waals surface area contributed by atoms with Crippen LogP contribution in [0.4, 0.5) is 0 Å². The van der Waals surface area contributed by atoms with Gasteiger partial charge in [0.25, 0.3) is 0 Å². The molecule has 0 bridgehead atoms. The molecule has 0 saturated carbocycles. The van der Waals surface area contributed by atoms with Gasteiger partial charge in [-0.1, -0.05) is 30.3 Å². The van der Waals surface area contributed by atoms with Gasteiger partial charge >= 0.3 is 11.9 Å². The van der Waals surface area contributed by atoms with E-state index in [1.807, 2.05) is 30.3 Å². The summed E-state index contributed by atoms with van der Waals surface area (Å²) in [6.45, 7) is 0.0208. The van der Waals surface area contributed by atoms with Crippen LogP contribution < -0.4 is 0 Å². The maximum Gasteiger partial charge on any atom is 0.325 e. The number of carbonyl (C=O) groups is 3. The molecular formula is C14H17NO5. The minimum Gasteiger partial charge on any atom is -0.469 e. The van der Waals surface area contributed by atoms with Crippen LogP contribution in [0.3, 0.4) is 0 Å². The predicted octanol–water partition coefficient (Wildman–Crippen LogP) is 0.751. The largest absolute Gasteiger partial charge is 0.469 e. The molecule has 0 N–H and O–H groups in total. The molecule has 1 rings (SSSR count). The van der Waals surface area contributed by atoms with Crippen LogP contribution >= 0.6 is 0 Å². The lowest BCUT2D eigenvalue weighted by molar-refractivity contribution is -0.152. The summed E-state index contributed by atoms with van der Waals surface area (Å²) >= 11 is 0. The molecule has 0 spiro atoms. The summed E-state index contributed by atoms with van der Waals surface area (Å²) in [5.41, 5.74) is 0.856. The predicted molar refractivity (Wildman–Crippen MR) is 70.5 cm³/mol. The third kappa shape index (κ3) is 5.09. The van der Waals surface area contributed by atoms with Gasteiger partial charge in [0.15, 0.2) is 0 Å². The Morgan fingerprint density at radius 3 is 2.15 bits per heavy atom.